The number of methoxy groups -OCH3 is 1. The van der Waals surface area contributed by atoms with Crippen LogP contribution in [0.5, 0.6) is 5.75 Å². The number of hydrogen-bond donors (Lipinski definition) is 1. The first-order valence-corrected chi connectivity index (χ1v) is 7.67. The van der Waals surface area contributed by atoms with Crippen molar-refractivity contribution in [3.05, 3.63) is 53.6 Å². The lowest BCUT2D eigenvalue weighted by Gasteiger charge is -2.11. The van der Waals surface area contributed by atoms with Gasteiger partial charge in [0.2, 0.25) is 0 Å². The second kappa shape index (κ2) is 7.36. The van der Waals surface area contributed by atoms with E-state index in [-0.39, 0.29) is 0 Å². The number of ether oxygens (including phenoxy) is 1. The van der Waals surface area contributed by atoms with E-state index in [0.717, 1.165) is 23.7 Å². The minimum atomic E-state index is 0.925. The van der Waals surface area contributed by atoms with E-state index in [4.69, 9.17) is 4.74 Å². The Morgan fingerprint density at radius 3 is 2.60 bits per heavy atom. The van der Waals surface area contributed by atoms with Gasteiger partial charge in [-0.15, -0.1) is 0 Å². The highest BCUT2D eigenvalue weighted by Gasteiger charge is 2.06. The Balaban J connectivity index is 2.17. The molecular formula is C17H21NOS. The highest BCUT2D eigenvalue weighted by atomic mass is 32.2. The van der Waals surface area contributed by atoms with E-state index in [2.05, 4.69) is 43.4 Å². The molecule has 20 heavy (non-hydrogen) atoms. The summed E-state index contributed by atoms with van der Waals surface area (Å²) < 4.78 is 5.40. The molecular weight excluding hydrogens is 266 g/mol. The van der Waals surface area contributed by atoms with Gasteiger partial charge in [-0.3, -0.25) is 0 Å². The molecule has 2 nitrogen and oxygen atoms in total. The largest absolute Gasteiger partial charge is 0.496 e. The van der Waals surface area contributed by atoms with E-state index in [1.54, 1.807) is 18.9 Å². The van der Waals surface area contributed by atoms with Gasteiger partial charge in [0.15, 0.2) is 0 Å². The Kier molecular flexibility index (Phi) is 5.50. The van der Waals surface area contributed by atoms with Gasteiger partial charge in [-0.05, 0) is 42.8 Å². The molecule has 0 spiro atoms. The molecule has 2 aromatic rings. The van der Waals surface area contributed by atoms with Gasteiger partial charge in [0, 0.05) is 11.4 Å². The summed E-state index contributed by atoms with van der Waals surface area (Å²) in [7, 11) is 1.71. The van der Waals surface area contributed by atoms with Crippen molar-refractivity contribution >= 4 is 11.8 Å². The first-order chi connectivity index (χ1) is 9.74. The van der Waals surface area contributed by atoms with Crippen LogP contribution in [0.25, 0.3) is 0 Å². The van der Waals surface area contributed by atoms with Crippen LogP contribution in [0.15, 0.2) is 52.3 Å². The molecule has 0 atom stereocenters. The second-order valence-corrected chi connectivity index (χ2v) is 5.72. The van der Waals surface area contributed by atoms with Gasteiger partial charge in [0.25, 0.3) is 0 Å². The molecule has 0 aliphatic rings. The van der Waals surface area contributed by atoms with Crippen molar-refractivity contribution in [2.45, 2.75) is 30.2 Å². The summed E-state index contributed by atoms with van der Waals surface area (Å²) in [4.78, 5) is 2.42. The summed E-state index contributed by atoms with van der Waals surface area (Å²) in [5, 5.41) is 3.35. The minimum Gasteiger partial charge on any atom is -0.496 e. The standard InChI is InChI=1S/C17H21NOS/c1-4-18-12-14-9-10-16(13(2)11-14)20-17-8-6-5-7-15(17)19-3/h5-11,18H,4,12H2,1-3H3. The zero-order valence-corrected chi connectivity index (χ0v) is 13.1. The molecule has 106 valence electrons. The first kappa shape index (κ1) is 14.9. The molecule has 0 radical (unpaired) electrons. The van der Waals surface area contributed by atoms with E-state index in [0.29, 0.717) is 0 Å². The molecule has 0 bridgehead atoms. The lowest BCUT2D eigenvalue weighted by Crippen LogP contribution is -2.11. The SMILES string of the molecule is CCNCc1ccc(Sc2ccccc2OC)c(C)c1. The van der Waals surface area contributed by atoms with Crippen LogP contribution in [0.2, 0.25) is 0 Å². The van der Waals surface area contributed by atoms with E-state index in [1.165, 1.54) is 16.0 Å². The third-order valence-corrected chi connectivity index (χ3v) is 4.34. The van der Waals surface area contributed by atoms with Gasteiger partial charge in [0.1, 0.15) is 5.75 Å². The van der Waals surface area contributed by atoms with Crippen LogP contribution in [-0.4, -0.2) is 13.7 Å². The molecule has 1 N–H and O–H groups in total. The van der Waals surface area contributed by atoms with Crippen molar-refractivity contribution in [3.8, 4) is 5.75 Å². The average Bonchev–Trinajstić information content (AvgIpc) is 2.48. The van der Waals surface area contributed by atoms with Gasteiger partial charge < -0.3 is 10.1 Å². The summed E-state index contributed by atoms with van der Waals surface area (Å²) in [6.45, 7) is 6.21. The molecule has 2 rings (SSSR count). The lowest BCUT2D eigenvalue weighted by molar-refractivity contribution is 0.405. The maximum Gasteiger partial charge on any atom is 0.132 e. The van der Waals surface area contributed by atoms with Crippen molar-refractivity contribution in [2.75, 3.05) is 13.7 Å². The van der Waals surface area contributed by atoms with Crippen molar-refractivity contribution in [1.82, 2.24) is 5.32 Å². The minimum absolute atomic E-state index is 0.925. The van der Waals surface area contributed by atoms with E-state index >= 15 is 0 Å². The number of benzene rings is 2. The number of rotatable bonds is 6. The number of hydrogen-bond acceptors (Lipinski definition) is 3. The van der Waals surface area contributed by atoms with E-state index in [1.807, 2.05) is 18.2 Å². The summed E-state index contributed by atoms with van der Waals surface area (Å²) in [5.74, 6) is 0.925. The molecule has 0 fully saturated rings. The Bertz CT molecular complexity index is 569. The summed E-state index contributed by atoms with van der Waals surface area (Å²) in [5.41, 5.74) is 2.63. The van der Waals surface area contributed by atoms with Crippen LogP contribution in [0.3, 0.4) is 0 Å². The molecule has 0 aliphatic heterocycles. The molecule has 2 aromatic carbocycles. The molecule has 0 amide bonds. The van der Waals surface area contributed by atoms with E-state index < -0.39 is 0 Å². The molecule has 0 saturated heterocycles. The molecule has 0 aliphatic carbocycles. The molecule has 0 aromatic heterocycles. The fourth-order valence-corrected chi connectivity index (χ4v) is 3.02. The lowest BCUT2D eigenvalue weighted by atomic mass is 10.1. The third kappa shape index (κ3) is 3.78. The second-order valence-electron chi connectivity index (χ2n) is 4.63. The normalized spacial score (nSPS) is 10.6. The molecule has 3 heteroatoms. The zero-order valence-electron chi connectivity index (χ0n) is 12.3. The van der Waals surface area contributed by atoms with Gasteiger partial charge in [-0.2, -0.15) is 0 Å². The van der Waals surface area contributed by atoms with Crippen LogP contribution in [0, 0.1) is 6.92 Å². The molecule has 0 unspecified atom stereocenters. The van der Waals surface area contributed by atoms with Crippen LogP contribution in [-0.2, 0) is 6.54 Å². The quantitative estimate of drug-likeness (QED) is 0.857. The van der Waals surface area contributed by atoms with Crippen LogP contribution >= 0.6 is 11.8 Å². The molecule has 0 heterocycles. The number of para-hydroxylation sites is 1. The van der Waals surface area contributed by atoms with Crippen molar-refractivity contribution in [1.29, 1.82) is 0 Å². The van der Waals surface area contributed by atoms with Crippen LogP contribution in [0.1, 0.15) is 18.1 Å². The summed E-state index contributed by atoms with van der Waals surface area (Å²) in [6.07, 6.45) is 0. The predicted molar refractivity (Wildman–Crippen MR) is 85.7 cm³/mol. The number of nitrogens with one attached hydrogen (secondary N) is 1. The fraction of sp³-hybridized carbons (Fsp3) is 0.294. The van der Waals surface area contributed by atoms with Crippen molar-refractivity contribution < 1.29 is 4.74 Å². The maximum absolute atomic E-state index is 5.40. The van der Waals surface area contributed by atoms with Crippen LogP contribution < -0.4 is 10.1 Å². The topological polar surface area (TPSA) is 21.3 Å². The number of aryl methyl sites for hydroxylation is 1. The van der Waals surface area contributed by atoms with Crippen molar-refractivity contribution in [3.63, 3.8) is 0 Å². The zero-order chi connectivity index (χ0) is 14.4. The third-order valence-electron chi connectivity index (χ3n) is 3.11. The smallest absolute Gasteiger partial charge is 0.132 e. The highest BCUT2D eigenvalue weighted by Crippen LogP contribution is 2.36. The molecule has 0 saturated carbocycles. The predicted octanol–water partition coefficient (Wildman–Crippen LogP) is 4.26. The van der Waals surface area contributed by atoms with E-state index in [9.17, 15) is 0 Å². The average molecular weight is 287 g/mol. The Labute approximate surface area is 125 Å². The van der Waals surface area contributed by atoms with Crippen LogP contribution in [0.4, 0.5) is 0 Å². The highest BCUT2D eigenvalue weighted by molar-refractivity contribution is 7.99. The summed E-state index contributed by atoms with van der Waals surface area (Å²) >= 11 is 1.75. The van der Waals surface area contributed by atoms with Crippen molar-refractivity contribution in [2.24, 2.45) is 0 Å². The van der Waals surface area contributed by atoms with Gasteiger partial charge in [-0.25, -0.2) is 0 Å². The Morgan fingerprint density at radius 2 is 1.90 bits per heavy atom. The Hall–Kier alpha value is -1.45. The Morgan fingerprint density at radius 1 is 1.10 bits per heavy atom. The maximum atomic E-state index is 5.40. The summed E-state index contributed by atoms with van der Waals surface area (Å²) in [6, 6.07) is 14.8. The van der Waals surface area contributed by atoms with Gasteiger partial charge >= 0.3 is 0 Å². The van der Waals surface area contributed by atoms with Gasteiger partial charge in [0.05, 0.1) is 12.0 Å². The fourth-order valence-electron chi connectivity index (χ4n) is 2.03. The monoisotopic (exact) mass is 287 g/mol. The first-order valence-electron chi connectivity index (χ1n) is 6.85. The van der Waals surface area contributed by atoms with Gasteiger partial charge in [-0.1, -0.05) is 43.0 Å².